The summed E-state index contributed by atoms with van der Waals surface area (Å²) in [7, 11) is 1.65. The van der Waals surface area contributed by atoms with Crippen LogP contribution in [-0.2, 0) is 11.2 Å². The lowest BCUT2D eigenvalue weighted by Gasteiger charge is -2.04. The molecule has 0 heterocycles. The van der Waals surface area contributed by atoms with Crippen LogP contribution in [0.2, 0.25) is 0 Å². The lowest BCUT2D eigenvalue weighted by atomic mass is 10.1. The third kappa shape index (κ3) is 5.09. The van der Waals surface area contributed by atoms with Gasteiger partial charge in [0.05, 0.1) is 7.11 Å². The molecule has 3 heteroatoms. The summed E-state index contributed by atoms with van der Waals surface area (Å²) in [5.74, 6) is 0.767. The van der Waals surface area contributed by atoms with Crippen LogP contribution in [0.5, 0.6) is 5.75 Å². The molecule has 0 bridgehead atoms. The minimum Gasteiger partial charge on any atom is -0.497 e. The first-order valence-corrected chi connectivity index (χ1v) is 7.33. The molecule has 0 atom stereocenters. The van der Waals surface area contributed by atoms with E-state index in [4.69, 9.17) is 4.74 Å². The van der Waals surface area contributed by atoms with Gasteiger partial charge in [-0.05, 0) is 42.7 Å². The Kier molecular flexibility index (Phi) is 5.78. The van der Waals surface area contributed by atoms with Gasteiger partial charge in [-0.1, -0.05) is 42.0 Å². The van der Waals surface area contributed by atoms with Crippen LogP contribution < -0.4 is 10.1 Å². The first-order chi connectivity index (χ1) is 10.7. The highest BCUT2D eigenvalue weighted by Crippen LogP contribution is 2.11. The van der Waals surface area contributed by atoms with E-state index in [2.05, 4.69) is 5.32 Å². The maximum atomic E-state index is 11.8. The summed E-state index contributed by atoms with van der Waals surface area (Å²) in [6.45, 7) is 2.66. The molecule has 3 nitrogen and oxygen atoms in total. The summed E-state index contributed by atoms with van der Waals surface area (Å²) >= 11 is 0. The van der Waals surface area contributed by atoms with Crippen LogP contribution in [0.25, 0.3) is 6.08 Å². The Bertz CT molecular complexity index is 627. The van der Waals surface area contributed by atoms with Gasteiger partial charge in [-0.15, -0.1) is 0 Å². The topological polar surface area (TPSA) is 38.3 Å². The van der Waals surface area contributed by atoms with E-state index >= 15 is 0 Å². The van der Waals surface area contributed by atoms with E-state index in [9.17, 15) is 4.79 Å². The average molecular weight is 295 g/mol. The van der Waals surface area contributed by atoms with Crippen LogP contribution in [0.4, 0.5) is 0 Å². The number of amides is 1. The van der Waals surface area contributed by atoms with Crippen molar-refractivity contribution in [2.45, 2.75) is 13.3 Å². The van der Waals surface area contributed by atoms with Gasteiger partial charge in [-0.3, -0.25) is 4.79 Å². The largest absolute Gasteiger partial charge is 0.497 e. The van der Waals surface area contributed by atoms with Crippen LogP contribution in [0.15, 0.2) is 54.6 Å². The van der Waals surface area contributed by atoms with Gasteiger partial charge >= 0.3 is 0 Å². The average Bonchev–Trinajstić information content (AvgIpc) is 2.55. The molecule has 2 aromatic carbocycles. The van der Waals surface area contributed by atoms with Gasteiger partial charge in [0.25, 0.3) is 0 Å². The quantitative estimate of drug-likeness (QED) is 0.830. The third-order valence-electron chi connectivity index (χ3n) is 3.38. The smallest absolute Gasteiger partial charge is 0.244 e. The van der Waals surface area contributed by atoms with Gasteiger partial charge in [0.1, 0.15) is 5.75 Å². The predicted molar refractivity (Wildman–Crippen MR) is 89.9 cm³/mol. The zero-order chi connectivity index (χ0) is 15.8. The molecule has 0 radical (unpaired) electrons. The lowest BCUT2D eigenvalue weighted by Crippen LogP contribution is -2.23. The highest BCUT2D eigenvalue weighted by atomic mass is 16.5. The van der Waals surface area contributed by atoms with Crippen molar-refractivity contribution < 1.29 is 9.53 Å². The molecule has 0 aliphatic heterocycles. The first kappa shape index (κ1) is 15.8. The van der Waals surface area contributed by atoms with E-state index in [1.165, 1.54) is 11.1 Å². The van der Waals surface area contributed by atoms with Crippen molar-refractivity contribution in [1.82, 2.24) is 5.32 Å². The Morgan fingerprint density at radius 2 is 1.77 bits per heavy atom. The number of benzene rings is 2. The maximum absolute atomic E-state index is 11.8. The van der Waals surface area contributed by atoms with Crippen molar-refractivity contribution >= 4 is 12.0 Å². The molecule has 1 N–H and O–H groups in total. The number of hydrogen-bond donors (Lipinski definition) is 1. The highest BCUT2D eigenvalue weighted by Gasteiger charge is 1.97. The van der Waals surface area contributed by atoms with Crippen molar-refractivity contribution in [3.05, 3.63) is 71.3 Å². The van der Waals surface area contributed by atoms with Crippen LogP contribution >= 0.6 is 0 Å². The molecule has 0 aliphatic rings. The van der Waals surface area contributed by atoms with E-state index in [0.717, 1.165) is 17.7 Å². The van der Waals surface area contributed by atoms with Gasteiger partial charge in [-0.25, -0.2) is 0 Å². The number of rotatable bonds is 6. The summed E-state index contributed by atoms with van der Waals surface area (Å²) in [5.41, 5.74) is 3.40. The van der Waals surface area contributed by atoms with Gasteiger partial charge in [0.15, 0.2) is 0 Å². The monoisotopic (exact) mass is 295 g/mol. The molecule has 0 aromatic heterocycles. The van der Waals surface area contributed by atoms with Gasteiger partial charge in [0, 0.05) is 12.6 Å². The molecule has 114 valence electrons. The second-order valence-corrected chi connectivity index (χ2v) is 5.13. The minimum atomic E-state index is -0.0749. The van der Waals surface area contributed by atoms with E-state index < -0.39 is 0 Å². The van der Waals surface area contributed by atoms with E-state index in [-0.39, 0.29) is 5.91 Å². The number of nitrogens with one attached hydrogen (secondary N) is 1. The predicted octanol–water partition coefficient (Wildman–Crippen LogP) is 3.38. The number of ether oxygens (including phenoxy) is 1. The van der Waals surface area contributed by atoms with E-state index in [1.807, 2.05) is 61.5 Å². The second-order valence-electron chi connectivity index (χ2n) is 5.13. The molecule has 0 spiro atoms. The molecule has 0 aliphatic carbocycles. The van der Waals surface area contributed by atoms with Crippen molar-refractivity contribution in [2.75, 3.05) is 13.7 Å². The summed E-state index contributed by atoms with van der Waals surface area (Å²) in [6, 6.07) is 15.9. The molecule has 2 rings (SSSR count). The molecular formula is C19H21NO2. The van der Waals surface area contributed by atoms with Crippen LogP contribution in [0, 0.1) is 6.92 Å². The SMILES string of the molecule is COc1ccc(CCNC(=O)C=Cc2ccc(C)cc2)cc1. The van der Waals surface area contributed by atoms with Gasteiger partial charge in [-0.2, -0.15) is 0 Å². The maximum Gasteiger partial charge on any atom is 0.244 e. The minimum absolute atomic E-state index is 0.0749. The molecule has 22 heavy (non-hydrogen) atoms. The third-order valence-corrected chi connectivity index (χ3v) is 3.38. The molecule has 0 saturated carbocycles. The number of carbonyl (C=O) groups excluding carboxylic acids is 1. The van der Waals surface area contributed by atoms with Crippen molar-refractivity contribution in [2.24, 2.45) is 0 Å². The molecule has 1 amide bonds. The van der Waals surface area contributed by atoms with Crippen LogP contribution in [0.1, 0.15) is 16.7 Å². The van der Waals surface area contributed by atoms with Crippen molar-refractivity contribution in [3.63, 3.8) is 0 Å². The summed E-state index contributed by atoms with van der Waals surface area (Å²) in [4.78, 5) is 11.8. The molecule has 2 aromatic rings. The fourth-order valence-electron chi connectivity index (χ4n) is 2.03. The van der Waals surface area contributed by atoms with Crippen LogP contribution in [-0.4, -0.2) is 19.6 Å². The van der Waals surface area contributed by atoms with E-state index in [1.54, 1.807) is 13.2 Å². The number of hydrogen-bond acceptors (Lipinski definition) is 2. The fourth-order valence-corrected chi connectivity index (χ4v) is 2.03. The van der Waals surface area contributed by atoms with Crippen LogP contribution in [0.3, 0.4) is 0 Å². The summed E-state index contributed by atoms with van der Waals surface area (Å²) in [5, 5.41) is 2.88. The Morgan fingerprint density at radius 3 is 2.41 bits per heavy atom. The van der Waals surface area contributed by atoms with Crippen molar-refractivity contribution in [1.29, 1.82) is 0 Å². The first-order valence-electron chi connectivity index (χ1n) is 7.33. The Balaban J connectivity index is 1.76. The zero-order valence-corrected chi connectivity index (χ0v) is 13.0. The Hall–Kier alpha value is -2.55. The summed E-state index contributed by atoms with van der Waals surface area (Å²) < 4.78 is 5.11. The normalized spacial score (nSPS) is 10.6. The molecular weight excluding hydrogens is 274 g/mol. The standard InChI is InChI=1S/C19H21NO2/c1-15-3-5-16(6-4-15)9-12-19(21)20-14-13-17-7-10-18(22-2)11-8-17/h3-12H,13-14H2,1-2H3,(H,20,21). The number of carbonyl (C=O) groups is 1. The zero-order valence-electron chi connectivity index (χ0n) is 13.0. The molecule has 0 saturated heterocycles. The Labute approximate surface area is 131 Å². The fraction of sp³-hybridized carbons (Fsp3) is 0.211. The number of aryl methyl sites for hydroxylation is 1. The summed E-state index contributed by atoms with van der Waals surface area (Å²) in [6.07, 6.45) is 4.19. The molecule has 0 fully saturated rings. The molecule has 0 unspecified atom stereocenters. The second kappa shape index (κ2) is 8.03. The highest BCUT2D eigenvalue weighted by molar-refractivity contribution is 5.91. The lowest BCUT2D eigenvalue weighted by molar-refractivity contribution is -0.116. The Morgan fingerprint density at radius 1 is 1.09 bits per heavy atom. The van der Waals surface area contributed by atoms with Gasteiger partial charge in [0.2, 0.25) is 5.91 Å². The van der Waals surface area contributed by atoms with Gasteiger partial charge < -0.3 is 10.1 Å². The van der Waals surface area contributed by atoms with E-state index in [0.29, 0.717) is 6.54 Å². The number of methoxy groups -OCH3 is 1. The van der Waals surface area contributed by atoms with Crippen molar-refractivity contribution in [3.8, 4) is 5.75 Å².